The summed E-state index contributed by atoms with van der Waals surface area (Å²) in [6.45, 7) is 0. The number of esters is 1. The highest BCUT2D eigenvalue weighted by Gasteiger charge is 2.36. The van der Waals surface area contributed by atoms with Crippen LogP contribution in [0.5, 0.6) is 0 Å². The lowest BCUT2D eigenvalue weighted by Gasteiger charge is -2.25. The van der Waals surface area contributed by atoms with Crippen molar-refractivity contribution in [1.82, 2.24) is 0 Å². The molecule has 112 valence electrons. The predicted molar refractivity (Wildman–Crippen MR) is 77.3 cm³/mol. The first kappa shape index (κ1) is 17.3. The Hall–Kier alpha value is -1.77. The maximum absolute atomic E-state index is 11.6. The number of hydrogen-bond acceptors (Lipinski definition) is 4. The van der Waals surface area contributed by atoms with Gasteiger partial charge < -0.3 is 9.84 Å². The van der Waals surface area contributed by atoms with Crippen LogP contribution in [0.1, 0.15) is 24.8 Å². The quantitative estimate of drug-likeness (QED) is 0.810. The van der Waals surface area contributed by atoms with Gasteiger partial charge in [0.05, 0.1) is 35.1 Å². The van der Waals surface area contributed by atoms with Crippen LogP contribution in [0.4, 0.5) is 0 Å². The molecule has 1 aromatic carbocycles. The summed E-state index contributed by atoms with van der Waals surface area (Å²) in [5, 5.41) is 18.9. The topological polar surface area (TPSA) is 87.4 Å². The van der Waals surface area contributed by atoms with E-state index < -0.39 is 17.4 Å². The summed E-state index contributed by atoms with van der Waals surface area (Å²) in [4.78, 5) is 22.4. The largest absolute Gasteiger partial charge is 0.481 e. The third-order valence-corrected chi connectivity index (χ3v) is 3.86. The normalized spacial score (nSPS) is 13.0. The molecule has 0 amide bonds. The van der Waals surface area contributed by atoms with Gasteiger partial charge >= 0.3 is 11.9 Å². The Morgan fingerprint density at radius 3 is 2.52 bits per heavy atom. The molecule has 0 aliphatic heterocycles. The minimum Gasteiger partial charge on any atom is -0.481 e. The molecule has 0 aromatic heterocycles. The van der Waals surface area contributed by atoms with Crippen molar-refractivity contribution >= 4 is 35.1 Å². The molecule has 1 aromatic rings. The second-order valence-corrected chi connectivity index (χ2v) is 5.28. The standard InChI is InChI=1S/C14H13Cl2NO4/c1-21-13(20)7-14(8-17,5-4-12(18)19)9-2-3-10(15)11(16)6-9/h2-3,6H,4-5,7H2,1H3,(H,18,19). The molecule has 1 rings (SSSR count). The average molecular weight is 330 g/mol. The Morgan fingerprint density at radius 2 is 2.05 bits per heavy atom. The SMILES string of the molecule is COC(=O)CC(C#N)(CCC(=O)O)c1ccc(Cl)c(Cl)c1. The van der Waals surface area contributed by atoms with Crippen LogP contribution in [-0.2, 0) is 19.7 Å². The molecular formula is C14H13Cl2NO4. The number of carbonyl (C=O) groups excluding carboxylic acids is 1. The lowest BCUT2D eigenvalue weighted by Crippen LogP contribution is -2.29. The minimum absolute atomic E-state index is 0.0358. The number of carboxylic acid groups (broad SMARTS) is 1. The van der Waals surface area contributed by atoms with E-state index in [4.69, 9.17) is 28.3 Å². The van der Waals surface area contributed by atoms with E-state index in [0.29, 0.717) is 10.6 Å². The zero-order valence-corrected chi connectivity index (χ0v) is 12.7. The summed E-state index contributed by atoms with van der Waals surface area (Å²) >= 11 is 11.8. The Balaban J connectivity index is 3.26. The first-order valence-electron chi connectivity index (χ1n) is 6.00. The van der Waals surface area contributed by atoms with Crippen LogP contribution < -0.4 is 0 Å². The molecule has 7 heteroatoms. The molecule has 0 saturated heterocycles. The van der Waals surface area contributed by atoms with Crippen molar-refractivity contribution in [3.8, 4) is 6.07 Å². The smallest absolute Gasteiger partial charge is 0.307 e. The van der Waals surface area contributed by atoms with Crippen molar-refractivity contribution in [3.63, 3.8) is 0 Å². The lowest BCUT2D eigenvalue weighted by atomic mass is 9.75. The molecule has 0 saturated carbocycles. The summed E-state index contributed by atoms with van der Waals surface area (Å²) < 4.78 is 4.59. The summed E-state index contributed by atoms with van der Waals surface area (Å²) in [6.07, 6.45) is -0.554. The molecule has 0 fully saturated rings. The fourth-order valence-electron chi connectivity index (χ4n) is 1.93. The van der Waals surface area contributed by atoms with E-state index in [1.807, 2.05) is 6.07 Å². The highest BCUT2D eigenvalue weighted by atomic mass is 35.5. The highest BCUT2D eigenvalue weighted by molar-refractivity contribution is 6.42. The van der Waals surface area contributed by atoms with Gasteiger partial charge in [0.25, 0.3) is 0 Å². The minimum atomic E-state index is -1.32. The Morgan fingerprint density at radius 1 is 1.38 bits per heavy atom. The van der Waals surface area contributed by atoms with Gasteiger partial charge in [0.15, 0.2) is 0 Å². The van der Waals surface area contributed by atoms with Crippen LogP contribution >= 0.6 is 23.2 Å². The van der Waals surface area contributed by atoms with Crippen molar-refractivity contribution in [2.24, 2.45) is 0 Å². The van der Waals surface area contributed by atoms with Gasteiger partial charge in [0.1, 0.15) is 0 Å². The van der Waals surface area contributed by atoms with Crippen LogP contribution in [0.25, 0.3) is 0 Å². The maximum atomic E-state index is 11.6. The molecule has 1 unspecified atom stereocenters. The number of halogens is 2. The van der Waals surface area contributed by atoms with E-state index >= 15 is 0 Å². The molecule has 5 nitrogen and oxygen atoms in total. The van der Waals surface area contributed by atoms with Gasteiger partial charge in [-0.3, -0.25) is 9.59 Å². The van der Waals surface area contributed by atoms with Gasteiger partial charge in [-0.2, -0.15) is 5.26 Å². The van der Waals surface area contributed by atoms with E-state index in [0.717, 1.165) is 0 Å². The van der Waals surface area contributed by atoms with Crippen molar-refractivity contribution < 1.29 is 19.4 Å². The lowest BCUT2D eigenvalue weighted by molar-refractivity contribution is -0.142. The predicted octanol–water partition coefficient (Wildman–Crippen LogP) is 3.18. The van der Waals surface area contributed by atoms with Gasteiger partial charge in [0.2, 0.25) is 0 Å². The number of benzene rings is 1. The zero-order chi connectivity index (χ0) is 16.0. The number of nitrogens with zero attached hydrogens (tertiary/aromatic N) is 1. The third-order valence-electron chi connectivity index (χ3n) is 3.13. The molecule has 0 bridgehead atoms. The fourth-order valence-corrected chi connectivity index (χ4v) is 2.23. The fraction of sp³-hybridized carbons (Fsp3) is 0.357. The van der Waals surface area contributed by atoms with Crippen molar-refractivity contribution in [1.29, 1.82) is 5.26 Å². The van der Waals surface area contributed by atoms with Gasteiger partial charge in [0, 0.05) is 6.42 Å². The van der Waals surface area contributed by atoms with Crippen LogP contribution in [0.3, 0.4) is 0 Å². The van der Waals surface area contributed by atoms with Crippen molar-refractivity contribution in [2.45, 2.75) is 24.7 Å². The third kappa shape index (κ3) is 4.35. The van der Waals surface area contributed by atoms with Crippen molar-refractivity contribution in [3.05, 3.63) is 33.8 Å². The number of carboxylic acids is 1. The Bertz CT molecular complexity index is 597. The molecule has 0 aliphatic rings. The number of methoxy groups -OCH3 is 1. The Kier molecular flexibility index (Phi) is 6.01. The van der Waals surface area contributed by atoms with Crippen LogP contribution in [0.15, 0.2) is 18.2 Å². The number of ether oxygens (including phenoxy) is 1. The summed E-state index contributed by atoms with van der Waals surface area (Å²) in [5.41, 5.74) is -0.884. The van der Waals surface area contributed by atoms with E-state index in [-0.39, 0.29) is 24.3 Å². The number of rotatable bonds is 6. The van der Waals surface area contributed by atoms with Crippen LogP contribution in [0.2, 0.25) is 10.0 Å². The summed E-state index contributed by atoms with van der Waals surface area (Å²) in [7, 11) is 1.20. The van der Waals surface area contributed by atoms with Crippen LogP contribution in [-0.4, -0.2) is 24.2 Å². The molecule has 21 heavy (non-hydrogen) atoms. The number of carbonyl (C=O) groups is 2. The summed E-state index contributed by atoms with van der Waals surface area (Å²) in [6, 6.07) is 6.56. The van der Waals surface area contributed by atoms with Gasteiger partial charge in [-0.05, 0) is 24.1 Å². The second kappa shape index (κ2) is 7.30. The van der Waals surface area contributed by atoms with E-state index in [1.165, 1.54) is 19.2 Å². The molecule has 0 spiro atoms. The molecule has 1 atom stereocenters. The summed E-state index contributed by atoms with van der Waals surface area (Å²) in [5.74, 6) is -1.66. The van der Waals surface area contributed by atoms with Gasteiger partial charge in [-0.1, -0.05) is 29.3 Å². The highest BCUT2D eigenvalue weighted by Crippen LogP contribution is 2.36. The molecule has 0 radical (unpaired) electrons. The molecule has 0 aliphatic carbocycles. The number of hydrogen-bond donors (Lipinski definition) is 1. The maximum Gasteiger partial charge on any atom is 0.307 e. The van der Waals surface area contributed by atoms with Gasteiger partial charge in [-0.15, -0.1) is 0 Å². The monoisotopic (exact) mass is 329 g/mol. The number of nitriles is 1. The molecular weight excluding hydrogens is 317 g/mol. The first-order chi connectivity index (χ1) is 9.84. The van der Waals surface area contributed by atoms with Crippen LogP contribution in [0, 0.1) is 11.3 Å². The van der Waals surface area contributed by atoms with Gasteiger partial charge in [-0.25, -0.2) is 0 Å². The zero-order valence-electron chi connectivity index (χ0n) is 11.2. The van der Waals surface area contributed by atoms with E-state index in [9.17, 15) is 14.9 Å². The first-order valence-corrected chi connectivity index (χ1v) is 6.75. The second-order valence-electron chi connectivity index (χ2n) is 4.47. The van der Waals surface area contributed by atoms with Crippen molar-refractivity contribution in [2.75, 3.05) is 7.11 Å². The molecule has 0 heterocycles. The van der Waals surface area contributed by atoms with E-state index in [1.54, 1.807) is 6.07 Å². The molecule has 1 N–H and O–H groups in total. The Labute approximate surface area is 132 Å². The number of aliphatic carboxylic acids is 1. The average Bonchev–Trinajstić information content (AvgIpc) is 2.46. The van der Waals surface area contributed by atoms with E-state index in [2.05, 4.69) is 4.74 Å².